The van der Waals surface area contributed by atoms with Gasteiger partial charge >= 0.3 is 0 Å². The van der Waals surface area contributed by atoms with Crippen molar-refractivity contribution in [2.75, 3.05) is 6.61 Å². The van der Waals surface area contributed by atoms with Crippen molar-refractivity contribution in [1.82, 2.24) is 0 Å². The minimum Gasteiger partial charge on any atom is -0.507 e. The van der Waals surface area contributed by atoms with Crippen LogP contribution in [0.15, 0.2) is 48.5 Å². The molecule has 33 heavy (non-hydrogen) atoms. The average Bonchev–Trinajstić information content (AvgIpc) is 2.65. The summed E-state index contributed by atoms with van der Waals surface area (Å²) >= 11 is 0. The molecule has 0 aromatic heterocycles. The molecule has 0 aliphatic heterocycles. The number of carbonyl (C=O) groups is 1. The largest absolute Gasteiger partial charge is 0.507 e. The van der Waals surface area contributed by atoms with E-state index in [2.05, 4.69) is 52.4 Å². The third-order valence-corrected chi connectivity index (χ3v) is 23.7. The van der Waals surface area contributed by atoms with Gasteiger partial charge in [-0.2, -0.15) is 0 Å². The minimum atomic E-state index is -1.53. The van der Waals surface area contributed by atoms with Crippen molar-refractivity contribution in [3.63, 3.8) is 0 Å². The SMILES string of the molecule is C[Si](C[Si](C)(CCOc1ccc(C(=O)c2ccccc2)c(O)c1)C[Si](C)(C)C)O[Si](C)(C)C. The molecule has 0 aliphatic rings. The quantitative estimate of drug-likeness (QED) is 0.244. The van der Waals surface area contributed by atoms with E-state index >= 15 is 0 Å². The first-order valence-electron chi connectivity index (χ1n) is 11.7. The smallest absolute Gasteiger partial charge is 0.196 e. The van der Waals surface area contributed by atoms with E-state index in [-0.39, 0.29) is 11.5 Å². The Hall–Kier alpha value is -1.46. The maximum atomic E-state index is 12.7. The normalized spacial score (nSPS) is 14.2. The van der Waals surface area contributed by atoms with E-state index in [1.807, 2.05) is 18.2 Å². The highest BCUT2D eigenvalue weighted by Gasteiger charge is 2.36. The van der Waals surface area contributed by atoms with Crippen LogP contribution in [0.1, 0.15) is 15.9 Å². The molecule has 1 unspecified atom stereocenters. The summed E-state index contributed by atoms with van der Waals surface area (Å²) in [5.74, 6) is 0.391. The zero-order valence-electron chi connectivity index (χ0n) is 21.6. The summed E-state index contributed by atoms with van der Waals surface area (Å²) in [5.41, 5.74) is 3.49. The number of benzene rings is 2. The van der Waals surface area contributed by atoms with Crippen molar-refractivity contribution in [2.45, 2.75) is 69.8 Å². The van der Waals surface area contributed by atoms with Gasteiger partial charge in [0, 0.05) is 19.7 Å². The van der Waals surface area contributed by atoms with Crippen LogP contribution >= 0.6 is 0 Å². The lowest BCUT2D eigenvalue weighted by Gasteiger charge is -2.36. The molecule has 4 nitrogen and oxygen atoms in total. The number of rotatable bonds is 12. The van der Waals surface area contributed by atoms with Crippen LogP contribution in [0.25, 0.3) is 0 Å². The van der Waals surface area contributed by atoms with Crippen molar-refractivity contribution in [3.8, 4) is 11.5 Å². The fourth-order valence-electron chi connectivity index (χ4n) is 4.63. The Labute approximate surface area is 205 Å². The Morgan fingerprint density at radius 2 is 1.61 bits per heavy atom. The Morgan fingerprint density at radius 1 is 0.970 bits per heavy atom. The van der Waals surface area contributed by atoms with Gasteiger partial charge in [0.2, 0.25) is 0 Å². The molecule has 1 atom stereocenters. The van der Waals surface area contributed by atoms with Crippen LogP contribution in [0.3, 0.4) is 0 Å². The standard InChI is InChI=1S/C25H41O4Si4/c1-30(29-32(5,6)7)19-33(8,20-31(2,3)4)17-16-28-22-14-15-23(24(26)18-22)25(27)21-12-10-9-11-13-21/h9-15,18,26H,16-17,19-20H2,1-8H3. The molecule has 181 valence electrons. The molecule has 2 aromatic rings. The van der Waals surface area contributed by atoms with Gasteiger partial charge in [-0.1, -0.05) is 62.2 Å². The molecular weight excluding hydrogens is 477 g/mol. The van der Waals surface area contributed by atoms with Gasteiger partial charge in [0.05, 0.1) is 20.2 Å². The Bertz CT molecular complexity index is 922. The molecule has 0 amide bonds. The second-order valence-corrected chi connectivity index (χ2v) is 30.1. The number of phenols is 1. The van der Waals surface area contributed by atoms with E-state index in [4.69, 9.17) is 8.85 Å². The van der Waals surface area contributed by atoms with E-state index in [0.717, 1.165) is 6.04 Å². The molecule has 0 fully saturated rings. The summed E-state index contributed by atoms with van der Waals surface area (Å²) in [5, 5.41) is 10.5. The number of ether oxygens (including phenoxy) is 1. The minimum absolute atomic E-state index is 0.0361. The van der Waals surface area contributed by atoms with Crippen molar-refractivity contribution in [3.05, 3.63) is 59.7 Å². The first-order chi connectivity index (χ1) is 15.2. The van der Waals surface area contributed by atoms with Gasteiger partial charge in [-0.05, 0) is 50.0 Å². The predicted octanol–water partition coefficient (Wildman–Crippen LogP) is 6.97. The number of phenolic OH excluding ortho intramolecular Hbond substituents is 1. The van der Waals surface area contributed by atoms with Crippen LogP contribution in [-0.2, 0) is 4.12 Å². The Balaban J connectivity index is 2.05. The lowest BCUT2D eigenvalue weighted by molar-refractivity contribution is 0.103. The van der Waals surface area contributed by atoms with Crippen LogP contribution < -0.4 is 4.74 Å². The topological polar surface area (TPSA) is 55.8 Å². The molecule has 0 heterocycles. The highest BCUT2D eigenvalue weighted by molar-refractivity contribution is 6.99. The van der Waals surface area contributed by atoms with Gasteiger partial charge in [0.1, 0.15) is 11.5 Å². The molecule has 1 N–H and O–H groups in total. The fraction of sp³-hybridized carbons (Fsp3) is 0.480. The molecule has 0 bridgehead atoms. The van der Waals surface area contributed by atoms with Gasteiger partial charge in [-0.3, -0.25) is 4.79 Å². The van der Waals surface area contributed by atoms with Crippen molar-refractivity contribution < 1.29 is 18.8 Å². The van der Waals surface area contributed by atoms with Crippen LogP contribution in [-0.4, -0.2) is 51.0 Å². The van der Waals surface area contributed by atoms with E-state index in [9.17, 15) is 9.90 Å². The lowest BCUT2D eigenvalue weighted by Crippen LogP contribution is -2.46. The number of hydrogen-bond acceptors (Lipinski definition) is 4. The van der Waals surface area contributed by atoms with Crippen LogP contribution in [0.4, 0.5) is 0 Å². The zero-order valence-corrected chi connectivity index (χ0v) is 25.6. The molecule has 2 aromatic carbocycles. The van der Waals surface area contributed by atoms with Crippen LogP contribution in [0.5, 0.6) is 11.5 Å². The molecule has 0 aliphatic carbocycles. The predicted molar refractivity (Wildman–Crippen MR) is 149 cm³/mol. The van der Waals surface area contributed by atoms with E-state index < -0.39 is 33.5 Å². The maximum Gasteiger partial charge on any atom is 0.196 e. The maximum absolute atomic E-state index is 12.7. The monoisotopic (exact) mass is 517 g/mol. The van der Waals surface area contributed by atoms with Crippen LogP contribution in [0.2, 0.25) is 69.8 Å². The first-order valence-corrected chi connectivity index (χ1v) is 24.1. The number of carbonyl (C=O) groups excluding carboxylic acids is 1. The summed E-state index contributed by atoms with van der Waals surface area (Å²) in [6.07, 6.45) is 0. The second kappa shape index (κ2) is 11.3. The van der Waals surface area contributed by atoms with E-state index in [1.54, 1.807) is 30.3 Å². The van der Waals surface area contributed by atoms with Gasteiger partial charge in [-0.15, -0.1) is 0 Å². The summed E-state index contributed by atoms with van der Waals surface area (Å²) in [6.45, 7) is 19.7. The molecular formula is C25H41O4Si4. The van der Waals surface area contributed by atoms with Gasteiger partial charge in [0.25, 0.3) is 0 Å². The third kappa shape index (κ3) is 9.74. The summed E-state index contributed by atoms with van der Waals surface area (Å²) < 4.78 is 12.6. The summed E-state index contributed by atoms with van der Waals surface area (Å²) in [6, 6.07) is 15.1. The average molecular weight is 518 g/mol. The lowest BCUT2D eigenvalue weighted by atomic mass is 10.0. The first kappa shape index (κ1) is 27.8. The number of aromatic hydroxyl groups is 1. The Morgan fingerprint density at radius 3 is 2.15 bits per heavy atom. The number of hydrogen-bond donors (Lipinski definition) is 1. The molecule has 1 radical (unpaired) electrons. The van der Waals surface area contributed by atoms with E-state index in [0.29, 0.717) is 23.5 Å². The Kier molecular flexibility index (Phi) is 9.52. The zero-order chi connectivity index (χ0) is 24.9. The van der Waals surface area contributed by atoms with Gasteiger partial charge in [-0.25, -0.2) is 0 Å². The van der Waals surface area contributed by atoms with Crippen molar-refractivity contribution in [1.29, 1.82) is 0 Å². The van der Waals surface area contributed by atoms with Gasteiger partial charge in [0.15, 0.2) is 23.1 Å². The molecule has 0 saturated heterocycles. The third-order valence-electron chi connectivity index (χ3n) is 5.34. The van der Waals surface area contributed by atoms with Crippen molar-refractivity contribution in [2.24, 2.45) is 0 Å². The fourth-order valence-corrected chi connectivity index (χ4v) is 28.4. The highest BCUT2D eigenvalue weighted by Crippen LogP contribution is 2.31. The molecule has 2 rings (SSSR count). The highest BCUT2D eigenvalue weighted by atomic mass is 28.4. The van der Waals surface area contributed by atoms with E-state index in [1.165, 1.54) is 11.3 Å². The second-order valence-electron chi connectivity index (χ2n) is 11.6. The molecule has 0 saturated carbocycles. The summed E-state index contributed by atoms with van der Waals surface area (Å²) in [7, 11) is -5.05. The van der Waals surface area contributed by atoms with Crippen molar-refractivity contribution >= 4 is 39.3 Å². The van der Waals surface area contributed by atoms with Crippen LogP contribution in [0, 0.1) is 0 Å². The summed E-state index contributed by atoms with van der Waals surface area (Å²) in [4.78, 5) is 12.7. The number of ketones is 1. The molecule has 8 heteroatoms. The molecule has 0 spiro atoms. The van der Waals surface area contributed by atoms with Gasteiger partial charge < -0.3 is 14.0 Å².